The molecule has 0 aromatic carbocycles. The summed E-state index contributed by atoms with van der Waals surface area (Å²) in [4.78, 5) is 0. The van der Waals surface area contributed by atoms with Crippen LogP contribution in [-0.2, 0) is 14.8 Å². The Morgan fingerprint density at radius 2 is 2.35 bits per heavy atom. The zero-order chi connectivity index (χ0) is 12.9. The number of ether oxygens (including phenoxy) is 1. The number of hydrogen-bond acceptors (Lipinski definition) is 4. The summed E-state index contributed by atoms with van der Waals surface area (Å²) in [6, 6.07) is 1.85. The predicted molar refractivity (Wildman–Crippen MR) is 64.8 cm³/mol. The van der Waals surface area contributed by atoms with Crippen LogP contribution in [0.2, 0.25) is 0 Å². The molecule has 5 nitrogen and oxygen atoms in total. The van der Waals surface area contributed by atoms with Crippen LogP contribution in [0.3, 0.4) is 0 Å². The Kier molecular flexibility index (Phi) is 5.12. The van der Waals surface area contributed by atoms with Crippen molar-refractivity contribution in [1.82, 2.24) is 4.31 Å². The molecule has 0 N–H and O–H groups in total. The minimum atomic E-state index is -3.48. The van der Waals surface area contributed by atoms with Crippen molar-refractivity contribution in [2.24, 2.45) is 0 Å². The van der Waals surface area contributed by atoms with E-state index in [9.17, 15) is 8.42 Å². The van der Waals surface area contributed by atoms with Crippen molar-refractivity contribution in [1.29, 1.82) is 5.26 Å². The number of nitriles is 1. The van der Waals surface area contributed by atoms with E-state index in [1.165, 1.54) is 4.31 Å². The largest absolute Gasteiger partial charge is 0.380 e. The lowest BCUT2D eigenvalue weighted by Crippen LogP contribution is -2.40. The summed E-state index contributed by atoms with van der Waals surface area (Å²) < 4.78 is 30.5. The van der Waals surface area contributed by atoms with Crippen molar-refractivity contribution in [3.05, 3.63) is 11.6 Å². The SMILES string of the molecule is CCC(C#N)S(=O)(=O)N1CC=C(COC)CC1. The van der Waals surface area contributed by atoms with Crippen molar-refractivity contribution < 1.29 is 13.2 Å². The first-order valence-corrected chi connectivity index (χ1v) is 7.12. The van der Waals surface area contributed by atoms with Gasteiger partial charge in [0.25, 0.3) is 0 Å². The predicted octanol–water partition coefficient (Wildman–Crippen LogP) is 0.897. The van der Waals surface area contributed by atoms with Gasteiger partial charge in [-0.2, -0.15) is 9.57 Å². The minimum absolute atomic E-state index is 0.323. The molecule has 96 valence electrons. The summed E-state index contributed by atoms with van der Waals surface area (Å²) in [5.41, 5.74) is 1.11. The van der Waals surface area contributed by atoms with Crippen LogP contribution in [0, 0.1) is 11.3 Å². The summed E-state index contributed by atoms with van der Waals surface area (Å²) in [5, 5.41) is 7.91. The topological polar surface area (TPSA) is 70.4 Å². The average Bonchev–Trinajstić information content (AvgIpc) is 2.31. The molecule has 0 fully saturated rings. The van der Waals surface area contributed by atoms with Crippen LogP contribution in [0.25, 0.3) is 0 Å². The lowest BCUT2D eigenvalue weighted by atomic mass is 10.1. The number of sulfonamides is 1. The Morgan fingerprint density at radius 3 is 2.76 bits per heavy atom. The van der Waals surface area contributed by atoms with Gasteiger partial charge in [0.1, 0.15) is 0 Å². The first-order valence-electron chi connectivity index (χ1n) is 5.61. The molecule has 1 aliphatic heterocycles. The molecule has 0 aliphatic carbocycles. The van der Waals surface area contributed by atoms with Gasteiger partial charge in [0.15, 0.2) is 5.25 Å². The standard InChI is InChI=1S/C11H18N2O3S/c1-3-11(8-12)17(14,15)13-6-4-10(5-7-13)9-16-2/h4,11H,3,5-7,9H2,1-2H3. The molecule has 0 radical (unpaired) electrons. The van der Waals surface area contributed by atoms with Gasteiger partial charge in [0.2, 0.25) is 10.0 Å². The van der Waals surface area contributed by atoms with Gasteiger partial charge in [0, 0.05) is 20.2 Å². The number of hydrogen-bond donors (Lipinski definition) is 0. The van der Waals surface area contributed by atoms with Gasteiger partial charge in [-0.05, 0) is 18.4 Å². The van der Waals surface area contributed by atoms with E-state index in [4.69, 9.17) is 10.00 Å². The van der Waals surface area contributed by atoms with Gasteiger partial charge >= 0.3 is 0 Å². The molecule has 0 aromatic rings. The number of nitrogens with zero attached hydrogens (tertiary/aromatic N) is 2. The molecule has 17 heavy (non-hydrogen) atoms. The molecule has 0 bridgehead atoms. The van der Waals surface area contributed by atoms with Gasteiger partial charge in [-0.25, -0.2) is 8.42 Å². The second kappa shape index (κ2) is 6.15. The fourth-order valence-corrected chi connectivity index (χ4v) is 3.33. The lowest BCUT2D eigenvalue weighted by molar-refractivity contribution is 0.219. The molecule has 1 atom stereocenters. The fourth-order valence-electron chi connectivity index (χ4n) is 1.79. The van der Waals surface area contributed by atoms with Gasteiger partial charge < -0.3 is 4.74 Å². The van der Waals surface area contributed by atoms with Gasteiger partial charge in [-0.1, -0.05) is 13.0 Å². The highest BCUT2D eigenvalue weighted by molar-refractivity contribution is 7.90. The third-order valence-electron chi connectivity index (χ3n) is 2.83. The first kappa shape index (κ1) is 14.2. The molecule has 0 spiro atoms. The lowest BCUT2D eigenvalue weighted by Gasteiger charge is -2.27. The Balaban J connectivity index is 2.75. The van der Waals surface area contributed by atoms with Crippen LogP contribution in [-0.4, -0.2) is 44.8 Å². The monoisotopic (exact) mass is 258 g/mol. The highest BCUT2D eigenvalue weighted by atomic mass is 32.2. The Morgan fingerprint density at radius 1 is 1.65 bits per heavy atom. The van der Waals surface area contributed by atoms with Crippen LogP contribution in [0.15, 0.2) is 11.6 Å². The molecular formula is C11H18N2O3S. The summed E-state index contributed by atoms with van der Waals surface area (Å²) in [6.07, 6.45) is 2.87. The Labute approximate surface area is 103 Å². The van der Waals surface area contributed by atoms with E-state index in [-0.39, 0.29) is 0 Å². The maximum atomic E-state index is 12.1. The molecule has 6 heteroatoms. The fraction of sp³-hybridized carbons (Fsp3) is 0.727. The molecule has 1 unspecified atom stereocenters. The van der Waals surface area contributed by atoms with Crippen molar-refractivity contribution in [2.45, 2.75) is 25.0 Å². The maximum Gasteiger partial charge on any atom is 0.230 e. The normalized spacial score (nSPS) is 19.5. The molecular weight excluding hydrogens is 240 g/mol. The quantitative estimate of drug-likeness (QED) is 0.687. The zero-order valence-corrected chi connectivity index (χ0v) is 11.0. The molecule has 0 amide bonds. The summed E-state index contributed by atoms with van der Waals surface area (Å²) in [6.45, 7) is 3.04. The van der Waals surface area contributed by atoms with Crippen molar-refractivity contribution in [3.63, 3.8) is 0 Å². The first-order chi connectivity index (χ1) is 8.06. The number of methoxy groups -OCH3 is 1. The molecule has 0 saturated heterocycles. The van der Waals surface area contributed by atoms with Crippen LogP contribution in [0.5, 0.6) is 0 Å². The second-order valence-electron chi connectivity index (χ2n) is 3.97. The number of rotatable bonds is 5. The smallest absolute Gasteiger partial charge is 0.230 e. The van der Waals surface area contributed by atoms with E-state index in [1.807, 2.05) is 12.1 Å². The van der Waals surface area contributed by atoms with E-state index >= 15 is 0 Å². The molecule has 1 rings (SSSR count). The van der Waals surface area contributed by atoms with Crippen LogP contribution >= 0.6 is 0 Å². The van der Waals surface area contributed by atoms with Crippen LogP contribution in [0.4, 0.5) is 0 Å². The maximum absolute atomic E-state index is 12.1. The van der Waals surface area contributed by atoms with E-state index in [0.29, 0.717) is 32.5 Å². The minimum Gasteiger partial charge on any atom is -0.380 e. The van der Waals surface area contributed by atoms with E-state index in [1.54, 1.807) is 14.0 Å². The Hall–Kier alpha value is -0.900. The van der Waals surface area contributed by atoms with Crippen molar-refractivity contribution >= 4 is 10.0 Å². The molecule has 1 aliphatic rings. The third kappa shape index (κ3) is 3.28. The zero-order valence-electron chi connectivity index (χ0n) is 10.2. The summed E-state index contributed by atoms with van der Waals surface area (Å²) in [7, 11) is -1.86. The Bertz CT molecular complexity index is 422. The van der Waals surface area contributed by atoms with E-state index in [0.717, 1.165) is 5.57 Å². The van der Waals surface area contributed by atoms with Crippen LogP contribution in [0.1, 0.15) is 19.8 Å². The molecule has 0 aromatic heterocycles. The summed E-state index contributed by atoms with van der Waals surface area (Å²) >= 11 is 0. The second-order valence-corrected chi connectivity index (χ2v) is 6.09. The van der Waals surface area contributed by atoms with Gasteiger partial charge in [0.05, 0.1) is 12.7 Å². The van der Waals surface area contributed by atoms with Crippen LogP contribution < -0.4 is 0 Å². The highest BCUT2D eigenvalue weighted by Gasteiger charge is 2.31. The van der Waals surface area contributed by atoms with Gasteiger partial charge in [-0.3, -0.25) is 0 Å². The van der Waals surface area contributed by atoms with Crippen molar-refractivity contribution in [3.8, 4) is 6.07 Å². The third-order valence-corrected chi connectivity index (χ3v) is 5.04. The average molecular weight is 258 g/mol. The molecule has 0 saturated carbocycles. The molecule has 1 heterocycles. The van der Waals surface area contributed by atoms with Crippen molar-refractivity contribution in [2.75, 3.05) is 26.8 Å². The highest BCUT2D eigenvalue weighted by Crippen LogP contribution is 2.18. The summed E-state index contributed by atoms with van der Waals surface area (Å²) in [5.74, 6) is 0. The van der Waals surface area contributed by atoms with Gasteiger partial charge in [-0.15, -0.1) is 0 Å². The van der Waals surface area contributed by atoms with E-state index in [2.05, 4.69) is 0 Å². The van der Waals surface area contributed by atoms with E-state index < -0.39 is 15.3 Å².